The number of allylic oxidation sites excluding steroid dienone is 2. The zero-order valence-corrected chi connectivity index (χ0v) is 8.84. The first-order valence-corrected chi connectivity index (χ1v) is 5.14. The van der Waals surface area contributed by atoms with Crippen molar-refractivity contribution in [2.24, 2.45) is 0 Å². The molecule has 0 unspecified atom stereocenters. The van der Waals surface area contributed by atoms with Crippen LogP contribution in [0.2, 0.25) is 0 Å². The lowest BCUT2D eigenvalue weighted by Crippen LogP contribution is -2.18. The number of phenols is 1. The first-order valence-electron chi connectivity index (χ1n) is 5.14. The summed E-state index contributed by atoms with van der Waals surface area (Å²) < 4.78 is 0. The van der Waals surface area contributed by atoms with Crippen LogP contribution in [0.3, 0.4) is 0 Å². The number of nitrogens with zero attached hydrogens (tertiary/aromatic N) is 1. The maximum atomic E-state index is 10.6. The Labute approximate surface area is 94.3 Å². The molecule has 2 rings (SSSR count). The number of hydrogen-bond acceptors (Lipinski definition) is 3. The Hall–Kier alpha value is -2.03. The molecule has 1 aliphatic heterocycles. The normalized spacial score (nSPS) is 14.1. The molecule has 1 aliphatic rings. The molecule has 0 atom stereocenters. The molecule has 1 heterocycles. The molecular formula is C13H13NO2. The summed E-state index contributed by atoms with van der Waals surface area (Å²) in [7, 11) is 0. The summed E-state index contributed by atoms with van der Waals surface area (Å²) in [6, 6.07) is 4.88. The maximum absolute atomic E-state index is 10.6. The summed E-state index contributed by atoms with van der Waals surface area (Å²) in [5, 5.41) is 9.68. The van der Waals surface area contributed by atoms with Gasteiger partial charge in [0.25, 0.3) is 0 Å². The van der Waals surface area contributed by atoms with Gasteiger partial charge in [0.15, 0.2) is 0 Å². The van der Waals surface area contributed by atoms with Gasteiger partial charge in [0, 0.05) is 24.2 Å². The maximum Gasteiger partial charge on any atom is 0.150 e. The Bertz CT molecular complexity index is 449. The molecule has 0 fully saturated rings. The average Bonchev–Trinajstić information content (AvgIpc) is 2.33. The van der Waals surface area contributed by atoms with Crippen LogP contribution in [0.15, 0.2) is 42.6 Å². The highest BCUT2D eigenvalue weighted by molar-refractivity contribution is 5.75. The van der Waals surface area contributed by atoms with Gasteiger partial charge in [0.05, 0.1) is 0 Å². The van der Waals surface area contributed by atoms with Crippen molar-refractivity contribution in [1.29, 1.82) is 0 Å². The van der Waals surface area contributed by atoms with E-state index in [1.807, 2.05) is 24.4 Å². The fraction of sp³-hybridized carbons (Fsp3) is 0.154. The number of rotatable bonds is 3. The Balaban J connectivity index is 2.16. The van der Waals surface area contributed by atoms with E-state index in [0.717, 1.165) is 18.4 Å². The Morgan fingerprint density at radius 1 is 1.38 bits per heavy atom. The molecule has 1 N–H and O–H groups in total. The van der Waals surface area contributed by atoms with Crippen molar-refractivity contribution < 1.29 is 9.90 Å². The topological polar surface area (TPSA) is 40.5 Å². The molecule has 0 radical (unpaired) electrons. The Morgan fingerprint density at radius 3 is 2.94 bits per heavy atom. The molecule has 1 aromatic carbocycles. The molecular weight excluding hydrogens is 202 g/mol. The second-order valence-corrected chi connectivity index (χ2v) is 3.71. The van der Waals surface area contributed by atoms with Crippen molar-refractivity contribution in [2.75, 3.05) is 6.54 Å². The van der Waals surface area contributed by atoms with E-state index in [9.17, 15) is 9.90 Å². The number of carbonyl (C=O) groups excluding carboxylic acids is 1. The number of aromatic hydroxyl groups is 1. The molecule has 82 valence electrons. The van der Waals surface area contributed by atoms with Gasteiger partial charge in [-0.1, -0.05) is 12.2 Å². The molecule has 16 heavy (non-hydrogen) atoms. The summed E-state index contributed by atoms with van der Waals surface area (Å²) in [5.41, 5.74) is 1.36. The van der Waals surface area contributed by atoms with Crippen molar-refractivity contribution in [3.05, 3.63) is 53.8 Å². The molecule has 0 saturated heterocycles. The molecule has 0 amide bonds. The monoisotopic (exact) mass is 215 g/mol. The number of hydrogen-bond donors (Lipinski definition) is 1. The number of carbonyl (C=O) groups is 1. The van der Waals surface area contributed by atoms with Gasteiger partial charge in [-0.3, -0.25) is 4.79 Å². The van der Waals surface area contributed by atoms with E-state index in [1.54, 1.807) is 18.2 Å². The van der Waals surface area contributed by atoms with Gasteiger partial charge in [-0.25, -0.2) is 0 Å². The van der Waals surface area contributed by atoms with Crippen LogP contribution < -0.4 is 0 Å². The second-order valence-electron chi connectivity index (χ2n) is 3.71. The number of aldehydes is 1. The first kappa shape index (κ1) is 10.5. The lowest BCUT2D eigenvalue weighted by atomic mass is 10.1. The van der Waals surface area contributed by atoms with Gasteiger partial charge in [-0.05, 0) is 30.5 Å². The SMILES string of the molecule is O=Cc1ccc(O)c(CN2C=CC=CC2)c1. The van der Waals surface area contributed by atoms with E-state index in [4.69, 9.17) is 0 Å². The minimum Gasteiger partial charge on any atom is -0.508 e. The number of phenolic OH excluding ortho intramolecular Hbond substituents is 1. The lowest BCUT2D eigenvalue weighted by Gasteiger charge is -2.21. The van der Waals surface area contributed by atoms with Crippen molar-refractivity contribution >= 4 is 6.29 Å². The zero-order chi connectivity index (χ0) is 11.4. The van der Waals surface area contributed by atoms with E-state index >= 15 is 0 Å². The predicted molar refractivity (Wildman–Crippen MR) is 62.2 cm³/mol. The average molecular weight is 215 g/mol. The van der Waals surface area contributed by atoms with E-state index in [0.29, 0.717) is 12.1 Å². The largest absolute Gasteiger partial charge is 0.508 e. The third-order valence-electron chi connectivity index (χ3n) is 2.50. The lowest BCUT2D eigenvalue weighted by molar-refractivity contribution is 0.112. The van der Waals surface area contributed by atoms with Crippen LogP contribution in [0.25, 0.3) is 0 Å². The predicted octanol–water partition coefficient (Wildman–Crippen LogP) is 2.09. The van der Waals surface area contributed by atoms with E-state index < -0.39 is 0 Å². The van der Waals surface area contributed by atoms with E-state index in [2.05, 4.69) is 4.90 Å². The van der Waals surface area contributed by atoms with Gasteiger partial charge in [-0.2, -0.15) is 0 Å². The fourth-order valence-corrected chi connectivity index (χ4v) is 1.65. The summed E-state index contributed by atoms with van der Waals surface area (Å²) in [5.74, 6) is 0.230. The first-order chi connectivity index (χ1) is 7.79. The van der Waals surface area contributed by atoms with Crippen molar-refractivity contribution in [3.8, 4) is 5.75 Å². The fourth-order valence-electron chi connectivity index (χ4n) is 1.65. The zero-order valence-electron chi connectivity index (χ0n) is 8.84. The second kappa shape index (κ2) is 4.66. The van der Waals surface area contributed by atoms with Crippen LogP contribution >= 0.6 is 0 Å². The molecule has 0 aliphatic carbocycles. The molecule has 3 heteroatoms. The highest BCUT2D eigenvalue weighted by Crippen LogP contribution is 2.20. The Morgan fingerprint density at radius 2 is 2.25 bits per heavy atom. The minimum atomic E-state index is 0.230. The quantitative estimate of drug-likeness (QED) is 0.785. The summed E-state index contributed by atoms with van der Waals surface area (Å²) in [6.45, 7) is 1.43. The van der Waals surface area contributed by atoms with Crippen molar-refractivity contribution in [3.63, 3.8) is 0 Å². The van der Waals surface area contributed by atoms with Crippen LogP contribution in [-0.4, -0.2) is 22.8 Å². The highest BCUT2D eigenvalue weighted by atomic mass is 16.3. The minimum absolute atomic E-state index is 0.230. The van der Waals surface area contributed by atoms with Crippen molar-refractivity contribution in [2.45, 2.75) is 6.54 Å². The van der Waals surface area contributed by atoms with Gasteiger partial charge < -0.3 is 10.0 Å². The summed E-state index contributed by atoms with van der Waals surface area (Å²) in [4.78, 5) is 12.7. The van der Waals surface area contributed by atoms with Crippen LogP contribution in [-0.2, 0) is 6.54 Å². The molecule has 0 spiro atoms. The Kier molecular flexibility index (Phi) is 3.05. The van der Waals surface area contributed by atoms with Crippen LogP contribution in [0.4, 0.5) is 0 Å². The van der Waals surface area contributed by atoms with Gasteiger partial charge in [0.2, 0.25) is 0 Å². The van der Waals surface area contributed by atoms with Gasteiger partial charge in [0.1, 0.15) is 12.0 Å². The van der Waals surface area contributed by atoms with Crippen LogP contribution in [0.5, 0.6) is 5.75 Å². The van der Waals surface area contributed by atoms with Crippen LogP contribution in [0.1, 0.15) is 15.9 Å². The van der Waals surface area contributed by atoms with Gasteiger partial charge in [-0.15, -0.1) is 0 Å². The highest BCUT2D eigenvalue weighted by Gasteiger charge is 2.06. The number of benzene rings is 1. The molecule has 0 saturated carbocycles. The molecule has 1 aromatic rings. The van der Waals surface area contributed by atoms with E-state index in [-0.39, 0.29) is 5.75 Å². The van der Waals surface area contributed by atoms with E-state index in [1.165, 1.54) is 0 Å². The molecule has 0 aromatic heterocycles. The third kappa shape index (κ3) is 2.31. The van der Waals surface area contributed by atoms with Crippen molar-refractivity contribution in [1.82, 2.24) is 4.90 Å². The molecule has 3 nitrogen and oxygen atoms in total. The molecule has 0 bridgehead atoms. The standard InChI is InChI=1S/C13H13NO2/c15-10-11-4-5-13(16)12(8-11)9-14-6-2-1-3-7-14/h1-6,8,10,16H,7,9H2. The van der Waals surface area contributed by atoms with Gasteiger partial charge >= 0.3 is 0 Å². The summed E-state index contributed by atoms with van der Waals surface area (Å²) in [6.07, 6.45) is 8.73. The van der Waals surface area contributed by atoms with Crippen LogP contribution in [0, 0.1) is 0 Å². The third-order valence-corrected chi connectivity index (χ3v) is 2.50. The summed E-state index contributed by atoms with van der Waals surface area (Å²) >= 11 is 0. The smallest absolute Gasteiger partial charge is 0.150 e.